The van der Waals surface area contributed by atoms with E-state index >= 15 is 0 Å². The summed E-state index contributed by atoms with van der Waals surface area (Å²) in [5, 5.41) is 2.38. The number of nitrogens with one attached hydrogen (secondary N) is 1. The standard InChI is InChI=1S/C10H13ClN2O3S/c1-6(2)9-4-8(13-7(3)14)5-12-10(9)17(11,15)16/h4-6H,1-3H3,(H,13,14). The van der Waals surface area contributed by atoms with Crippen LogP contribution in [0.25, 0.3) is 0 Å². The molecule has 0 aromatic carbocycles. The average Bonchev–Trinajstić information content (AvgIpc) is 2.14. The number of carbonyl (C=O) groups is 1. The van der Waals surface area contributed by atoms with Crippen molar-refractivity contribution in [2.24, 2.45) is 0 Å². The van der Waals surface area contributed by atoms with Crippen LogP contribution < -0.4 is 5.32 Å². The fraction of sp³-hybridized carbons (Fsp3) is 0.400. The second-order valence-corrected chi connectivity index (χ2v) is 6.37. The summed E-state index contributed by atoms with van der Waals surface area (Å²) in [6, 6.07) is 1.56. The molecule has 7 heteroatoms. The minimum atomic E-state index is -3.88. The zero-order valence-electron chi connectivity index (χ0n) is 9.69. The van der Waals surface area contributed by atoms with Crippen LogP contribution in [0.5, 0.6) is 0 Å². The highest BCUT2D eigenvalue weighted by Gasteiger charge is 2.20. The molecule has 1 aromatic heterocycles. The SMILES string of the molecule is CC(=O)Nc1cnc(S(=O)(=O)Cl)c(C(C)C)c1. The first-order valence-corrected chi connectivity index (χ1v) is 7.25. The minimum absolute atomic E-state index is 0.0697. The van der Waals surface area contributed by atoms with E-state index < -0.39 is 9.05 Å². The molecule has 1 amide bonds. The fourth-order valence-corrected chi connectivity index (χ4v) is 2.50. The molecule has 1 aromatic rings. The van der Waals surface area contributed by atoms with Gasteiger partial charge in [0.05, 0.1) is 11.9 Å². The molecule has 1 heterocycles. The lowest BCUT2D eigenvalue weighted by atomic mass is 10.1. The first kappa shape index (κ1) is 13.9. The van der Waals surface area contributed by atoms with Gasteiger partial charge in [-0.15, -0.1) is 0 Å². The summed E-state index contributed by atoms with van der Waals surface area (Å²) < 4.78 is 22.6. The van der Waals surface area contributed by atoms with Crippen LogP contribution >= 0.6 is 10.7 Å². The highest BCUT2D eigenvalue weighted by molar-refractivity contribution is 8.13. The molecule has 1 N–H and O–H groups in total. The van der Waals surface area contributed by atoms with Crippen molar-refractivity contribution < 1.29 is 13.2 Å². The Hall–Kier alpha value is -1.14. The molecule has 0 saturated heterocycles. The summed E-state index contributed by atoms with van der Waals surface area (Å²) in [5.41, 5.74) is 0.927. The fourth-order valence-electron chi connectivity index (χ4n) is 1.36. The van der Waals surface area contributed by atoms with E-state index in [9.17, 15) is 13.2 Å². The van der Waals surface area contributed by atoms with Gasteiger partial charge in [-0.25, -0.2) is 13.4 Å². The van der Waals surface area contributed by atoms with E-state index in [1.807, 2.05) is 13.8 Å². The van der Waals surface area contributed by atoms with Crippen LogP contribution in [0.2, 0.25) is 0 Å². The lowest BCUT2D eigenvalue weighted by Gasteiger charge is -2.11. The van der Waals surface area contributed by atoms with Crippen LogP contribution in [0.15, 0.2) is 17.3 Å². The molecule has 0 aliphatic heterocycles. The quantitative estimate of drug-likeness (QED) is 0.858. The van der Waals surface area contributed by atoms with Crippen molar-refractivity contribution in [2.45, 2.75) is 31.7 Å². The largest absolute Gasteiger partial charge is 0.325 e. The van der Waals surface area contributed by atoms with E-state index in [2.05, 4.69) is 10.3 Å². The monoisotopic (exact) mass is 276 g/mol. The van der Waals surface area contributed by atoms with Crippen molar-refractivity contribution in [3.05, 3.63) is 17.8 Å². The van der Waals surface area contributed by atoms with E-state index in [4.69, 9.17) is 10.7 Å². The predicted octanol–water partition coefficient (Wildman–Crippen LogP) is 2.09. The van der Waals surface area contributed by atoms with Crippen molar-refractivity contribution in [2.75, 3.05) is 5.32 Å². The van der Waals surface area contributed by atoms with Gasteiger partial charge >= 0.3 is 0 Å². The Bertz CT molecular complexity index is 540. The van der Waals surface area contributed by atoms with Crippen LogP contribution in [-0.2, 0) is 13.8 Å². The summed E-state index contributed by atoms with van der Waals surface area (Å²) in [7, 11) is 1.41. The normalized spacial score (nSPS) is 11.6. The molecule has 0 bridgehead atoms. The van der Waals surface area contributed by atoms with Crippen LogP contribution in [0.4, 0.5) is 5.69 Å². The topological polar surface area (TPSA) is 76.1 Å². The first-order valence-electron chi connectivity index (χ1n) is 4.94. The molecular weight excluding hydrogens is 264 g/mol. The molecule has 0 atom stereocenters. The molecule has 0 aliphatic carbocycles. The highest BCUT2D eigenvalue weighted by Crippen LogP contribution is 2.26. The van der Waals surface area contributed by atoms with Gasteiger partial charge in [0.2, 0.25) is 5.91 Å². The zero-order chi connectivity index (χ0) is 13.2. The number of rotatable bonds is 3. The van der Waals surface area contributed by atoms with Crippen molar-refractivity contribution in [3.63, 3.8) is 0 Å². The Kier molecular flexibility index (Phi) is 4.11. The van der Waals surface area contributed by atoms with Crippen molar-refractivity contribution >= 4 is 31.3 Å². The predicted molar refractivity (Wildman–Crippen MR) is 65.7 cm³/mol. The van der Waals surface area contributed by atoms with Gasteiger partial charge in [-0.2, -0.15) is 0 Å². The van der Waals surface area contributed by atoms with Crippen molar-refractivity contribution in [3.8, 4) is 0 Å². The van der Waals surface area contributed by atoms with Gasteiger partial charge in [-0.1, -0.05) is 13.8 Å². The van der Waals surface area contributed by atoms with Gasteiger partial charge in [-0.3, -0.25) is 4.79 Å². The van der Waals surface area contributed by atoms with Crippen LogP contribution in [0.3, 0.4) is 0 Å². The third kappa shape index (κ3) is 3.67. The van der Waals surface area contributed by atoms with E-state index in [0.717, 1.165) is 0 Å². The number of anilines is 1. The molecule has 0 fully saturated rings. The smallest absolute Gasteiger partial charge is 0.278 e. The maximum Gasteiger partial charge on any atom is 0.278 e. The lowest BCUT2D eigenvalue weighted by Crippen LogP contribution is -2.09. The molecule has 0 saturated carbocycles. The van der Waals surface area contributed by atoms with Crippen molar-refractivity contribution in [1.29, 1.82) is 0 Å². The van der Waals surface area contributed by atoms with Gasteiger partial charge in [0.25, 0.3) is 9.05 Å². The third-order valence-corrected chi connectivity index (χ3v) is 3.29. The summed E-state index contributed by atoms with van der Waals surface area (Å²) in [6.45, 7) is 5.00. The van der Waals surface area contributed by atoms with Crippen LogP contribution in [0.1, 0.15) is 32.3 Å². The Balaban J connectivity index is 3.32. The molecule has 94 valence electrons. The Morgan fingerprint density at radius 2 is 2.06 bits per heavy atom. The zero-order valence-corrected chi connectivity index (χ0v) is 11.3. The van der Waals surface area contributed by atoms with E-state index in [1.54, 1.807) is 6.07 Å². The Morgan fingerprint density at radius 1 is 1.47 bits per heavy atom. The van der Waals surface area contributed by atoms with Gasteiger partial charge in [0.1, 0.15) is 0 Å². The molecule has 0 spiro atoms. The van der Waals surface area contributed by atoms with Crippen molar-refractivity contribution in [1.82, 2.24) is 4.98 Å². The lowest BCUT2D eigenvalue weighted by molar-refractivity contribution is -0.114. The number of aromatic nitrogens is 1. The summed E-state index contributed by atoms with van der Waals surface area (Å²) in [5.74, 6) is -0.317. The molecule has 0 aliphatic rings. The van der Waals surface area contributed by atoms with Crippen LogP contribution in [-0.4, -0.2) is 19.3 Å². The number of amides is 1. The number of nitrogens with zero attached hydrogens (tertiary/aromatic N) is 1. The average molecular weight is 277 g/mol. The molecule has 0 radical (unpaired) electrons. The third-order valence-electron chi connectivity index (χ3n) is 2.05. The van der Waals surface area contributed by atoms with Gasteiger partial charge in [-0.05, 0) is 17.5 Å². The van der Waals surface area contributed by atoms with E-state index in [0.29, 0.717) is 11.3 Å². The molecule has 5 nitrogen and oxygen atoms in total. The maximum absolute atomic E-state index is 11.3. The molecule has 1 rings (SSSR count). The van der Waals surface area contributed by atoms with Gasteiger partial charge in [0, 0.05) is 17.6 Å². The number of carbonyl (C=O) groups excluding carboxylic acids is 1. The van der Waals surface area contributed by atoms with Gasteiger partial charge in [0.15, 0.2) is 5.03 Å². The number of pyridine rings is 1. The number of hydrogen-bond acceptors (Lipinski definition) is 4. The highest BCUT2D eigenvalue weighted by atomic mass is 35.7. The first-order chi connectivity index (χ1) is 7.71. The van der Waals surface area contributed by atoms with E-state index in [1.165, 1.54) is 13.1 Å². The molecular formula is C10H13ClN2O3S. The van der Waals surface area contributed by atoms with Crippen LogP contribution in [0, 0.1) is 0 Å². The summed E-state index contributed by atoms with van der Waals surface area (Å²) >= 11 is 0. The minimum Gasteiger partial charge on any atom is -0.325 e. The maximum atomic E-state index is 11.3. The Labute approximate surface area is 105 Å². The van der Waals surface area contributed by atoms with Gasteiger partial charge < -0.3 is 5.32 Å². The second-order valence-electron chi connectivity index (χ2n) is 3.89. The second kappa shape index (κ2) is 5.01. The molecule has 17 heavy (non-hydrogen) atoms. The summed E-state index contributed by atoms with van der Waals surface area (Å²) in [6.07, 6.45) is 1.27. The summed E-state index contributed by atoms with van der Waals surface area (Å²) in [4.78, 5) is 14.7. The molecule has 0 unspecified atom stereocenters. The number of halogens is 1. The number of hydrogen-bond donors (Lipinski definition) is 1. The Morgan fingerprint density at radius 3 is 2.47 bits per heavy atom. The van der Waals surface area contributed by atoms with E-state index in [-0.39, 0.29) is 16.9 Å².